The Kier molecular flexibility index (Phi) is 3.34. The van der Waals surface area contributed by atoms with E-state index in [1.807, 2.05) is 0 Å². The fourth-order valence-electron chi connectivity index (χ4n) is 0.978. The van der Waals surface area contributed by atoms with Crippen molar-refractivity contribution < 1.29 is 9.53 Å². The molecule has 1 rings (SSSR count). The van der Waals surface area contributed by atoms with Crippen LogP contribution in [0.2, 0.25) is 0 Å². The van der Waals surface area contributed by atoms with Gasteiger partial charge in [0, 0.05) is 11.4 Å². The van der Waals surface area contributed by atoms with Crippen molar-refractivity contribution in [2.24, 2.45) is 0 Å². The van der Waals surface area contributed by atoms with Gasteiger partial charge in [-0.3, -0.25) is 5.32 Å². The summed E-state index contributed by atoms with van der Waals surface area (Å²) in [6, 6.07) is 6.93. The van der Waals surface area contributed by atoms with Gasteiger partial charge in [-0.2, -0.15) is 0 Å². The number of anilines is 2. The molecule has 14 heavy (non-hydrogen) atoms. The Morgan fingerprint density at radius 3 is 2.79 bits per heavy atom. The van der Waals surface area contributed by atoms with E-state index in [2.05, 4.69) is 5.32 Å². The number of hydrogen-bond acceptors (Lipinski definition) is 3. The average Bonchev–Trinajstić information content (AvgIpc) is 2.01. The maximum atomic E-state index is 11.2. The lowest BCUT2D eigenvalue weighted by molar-refractivity contribution is 0.130. The van der Waals surface area contributed by atoms with E-state index in [0.29, 0.717) is 11.4 Å². The lowest BCUT2D eigenvalue weighted by Gasteiger charge is -2.09. The first-order valence-electron chi connectivity index (χ1n) is 4.41. The summed E-state index contributed by atoms with van der Waals surface area (Å²) in [5.41, 5.74) is 6.78. The molecular formula is C10H14N2O2. The first-order valence-corrected chi connectivity index (χ1v) is 4.41. The van der Waals surface area contributed by atoms with Gasteiger partial charge in [0.2, 0.25) is 0 Å². The predicted octanol–water partition coefficient (Wildman–Crippen LogP) is 2.23. The molecular weight excluding hydrogens is 180 g/mol. The summed E-state index contributed by atoms with van der Waals surface area (Å²) >= 11 is 0. The Balaban J connectivity index is 2.56. The van der Waals surface area contributed by atoms with Gasteiger partial charge in [0.15, 0.2) is 0 Å². The van der Waals surface area contributed by atoms with Crippen molar-refractivity contribution in [3.8, 4) is 0 Å². The number of benzene rings is 1. The summed E-state index contributed by atoms with van der Waals surface area (Å²) in [5, 5.41) is 2.57. The molecule has 0 aliphatic rings. The number of carbonyl (C=O) groups is 1. The van der Waals surface area contributed by atoms with Crippen molar-refractivity contribution in [2.75, 3.05) is 11.1 Å². The molecule has 0 heterocycles. The number of hydrogen-bond donors (Lipinski definition) is 2. The molecule has 0 fully saturated rings. The fraction of sp³-hybridized carbons (Fsp3) is 0.300. The topological polar surface area (TPSA) is 64.3 Å². The molecule has 1 aromatic carbocycles. The molecule has 0 unspecified atom stereocenters. The van der Waals surface area contributed by atoms with E-state index in [9.17, 15) is 4.79 Å². The molecule has 1 amide bonds. The monoisotopic (exact) mass is 194 g/mol. The van der Waals surface area contributed by atoms with Crippen LogP contribution >= 0.6 is 0 Å². The van der Waals surface area contributed by atoms with E-state index >= 15 is 0 Å². The highest BCUT2D eigenvalue weighted by Gasteiger charge is 2.04. The highest BCUT2D eigenvalue weighted by Crippen LogP contribution is 2.12. The Morgan fingerprint density at radius 1 is 1.50 bits per heavy atom. The molecule has 0 saturated heterocycles. The first kappa shape index (κ1) is 10.4. The lowest BCUT2D eigenvalue weighted by atomic mass is 10.3. The summed E-state index contributed by atoms with van der Waals surface area (Å²) in [5.74, 6) is 0. The molecule has 0 aromatic heterocycles. The summed E-state index contributed by atoms with van der Waals surface area (Å²) in [7, 11) is 0. The van der Waals surface area contributed by atoms with E-state index < -0.39 is 6.09 Å². The fourth-order valence-corrected chi connectivity index (χ4v) is 0.978. The zero-order valence-electron chi connectivity index (χ0n) is 8.28. The van der Waals surface area contributed by atoms with Crippen LogP contribution in [0.25, 0.3) is 0 Å². The van der Waals surface area contributed by atoms with Crippen molar-refractivity contribution >= 4 is 17.5 Å². The minimum absolute atomic E-state index is 0.129. The van der Waals surface area contributed by atoms with Gasteiger partial charge in [-0.25, -0.2) is 4.79 Å². The van der Waals surface area contributed by atoms with E-state index in [1.54, 1.807) is 38.1 Å². The number of nitrogens with one attached hydrogen (secondary N) is 1. The number of nitrogens with two attached hydrogens (primary N) is 1. The van der Waals surface area contributed by atoms with E-state index in [1.165, 1.54) is 0 Å². The predicted molar refractivity (Wildman–Crippen MR) is 56.1 cm³/mol. The quantitative estimate of drug-likeness (QED) is 0.709. The van der Waals surface area contributed by atoms with Gasteiger partial charge < -0.3 is 10.5 Å². The highest BCUT2D eigenvalue weighted by molar-refractivity contribution is 5.85. The second kappa shape index (κ2) is 4.50. The Bertz CT molecular complexity index is 324. The third-order valence-electron chi connectivity index (χ3n) is 1.48. The van der Waals surface area contributed by atoms with Crippen LogP contribution in [0.15, 0.2) is 24.3 Å². The van der Waals surface area contributed by atoms with Crippen molar-refractivity contribution in [1.82, 2.24) is 0 Å². The Hall–Kier alpha value is -1.71. The normalized spacial score (nSPS) is 9.93. The average molecular weight is 194 g/mol. The van der Waals surface area contributed by atoms with Crippen LogP contribution in [0.3, 0.4) is 0 Å². The molecule has 76 valence electrons. The first-order chi connectivity index (χ1) is 6.58. The van der Waals surface area contributed by atoms with Crippen LogP contribution in [0.5, 0.6) is 0 Å². The standard InChI is InChI=1S/C10H14N2O2/c1-7(2)14-10(13)12-9-5-3-4-8(11)6-9/h3-7H,11H2,1-2H3,(H,12,13). The minimum atomic E-state index is -0.467. The SMILES string of the molecule is CC(C)OC(=O)Nc1cccc(N)c1. The maximum Gasteiger partial charge on any atom is 0.411 e. The Morgan fingerprint density at radius 2 is 2.21 bits per heavy atom. The highest BCUT2D eigenvalue weighted by atomic mass is 16.6. The molecule has 0 saturated carbocycles. The van der Waals surface area contributed by atoms with E-state index in [4.69, 9.17) is 10.5 Å². The molecule has 1 aromatic rings. The lowest BCUT2D eigenvalue weighted by Crippen LogP contribution is -2.17. The van der Waals surface area contributed by atoms with Gasteiger partial charge in [-0.15, -0.1) is 0 Å². The van der Waals surface area contributed by atoms with Crippen LogP contribution in [-0.4, -0.2) is 12.2 Å². The van der Waals surface area contributed by atoms with Crippen molar-refractivity contribution in [2.45, 2.75) is 20.0 Å². The molecule has 0 radical (unpaired) electrons. The van der Waals surface area contributed by atoms with E-state index in [-0.39, 0.29) is 6.10 Å². The number of ether oxygens (including phenoxy) is 1. The number of rotatable bonds is 2. The van der Waals surface area contributed by atoms with Crippen molar-refractivity contribution in [1.29, 1.82) is 0 Å². The summed E-state index contributed by atoms with van der Waals surface area (Å²) in [6.45, 7) is 3.58. The van der Waals surface area contributed by atoms with Crippen molar-refractivity contribution in [3.05, 3.63) is 24.3 Å². The van der Waals surface area contributed by atoms with Gasteiger partial charge in [0.05, 0.1) is 6.10 Å². The maximum absolute atomic E-state index is 11.2. The third-order valence-corrected chi connectivity index (χ3v) is 1.48. The molecule has 0 atom stereocenters. The summed E-state index contributed by atoms with van der Waals surface area (Å²) < 4.78 is 4.90. The van der Waals surface area contributed by atoms with E-state index in [0.717, 1.165) is 0 Å². The van der Waals surface area contributed by atoms with Crippen LogP contribution in [0.4, 0.5) is 16.2 Å². The van der Waals surface area contributed by atoms with Crippen LogP contribution in [-0.2, 0) is 4.74 Å². The Labute approximate surface area is 83.1 Å². The third kappa shape index (κ3) is 3.35. The molecule has 0 aliphatic carbocycles. The molecule has 4 heteroatoms. The number of amides is 1. The summed E-state index contributed by atoms with van der Waals surface area (Å²) in [4.78, 5) is 11.2. The van der Waals surface area contributed by atoms with Gasteiger partial charge in [-0.05, 0) is 32.0 Å². The van der Waals surface area contributed by atoms with Gasteiger partial charge in [0.1, 0.15) is 0 Å². The zero-order chi connectivity index (χ0) is 10.6. The molecule has 0 spiro atoms. The van der Waals surface area contributed by atoms with Crippen molar-refractivity contribution in [3.63, 3.8) is 0 Å². The van der Waals surface area contributed by atoms with Crippen LogP contribution < -0.4 is 11.1 Å². The molecule has 0 aliphatic heterocycles. The second-order valence-corrected chi connectivity index (χ2v) is 3.20. The van der Waals surface area contributed by atoms with Crippen LogP contribution in [0.1, 0.15) is 13.8 Å². The molecule has 4 nitrogen and oxygen atoms in total. The molecule has 3 N–H and O–H groups in total. The number of carbonyl (C=O) groups excluding carboxylic acids is 1. The second-order valence-electron chi connectivity index (χ2n) is 3.20. The van der Waals surface area contributed by atoms with Crippen LogP contribution in [0, 0.1) is 0 Å². The minimum Gasteiger partial charge on any atom is -0.447 e. The smallest absolute Gasteiger partial charge is 0.411 e. The van der Waals surface area contributed by atoms with Gasteiger partial charge in [-0.1, -0.05) is 6.07 Å². The van der Waals surface area contributed by atoms with Gasteiger partial charge >= 0.3 is 6.09 Å². The van der Waals surface area contributed by atoms with Gasteiger partial charge in [0.25, 0.3) is 0 Å². The molecule has 0 bridgehead atoms. The number of nitrogen functional groups attached to an aromatic ring is 1. The zero-order valence-corrected chi connectivity index (χ0v) is 8.28. The summed E-state index contributed by atoms with van der Waals surface area (Å²) in [6.07, 6.45) is -0.596. The largest absolute Gasteiger partial charge is 0.447 e.